The molecule has 100 valence electrons. The van der Waals surface area contributed by atoms with Crippen LogP contribution >= 0.6 is 11.6 Å². The highest BCUT2D eigenvalue weighted by Crippen LogP contribution is 2.26. The number of carbonyl (C=O) groups excluding carboxylic acids is 1. The molecule has 18 heavy (non-hydrogen) atoms. The number of hydrogen-bond acceptors (Lipinski definition) is 3. The second-order valence-corrected chi connectivity index (χ2v) is 5.29. The molecule has 2 unspecified atom stereocenters. The van der Waals surface area contributed by atoms with Crippen molar-refractivity contribution in [2.24, 2.45) is 13.0 Å². The van der Waals surface area contributed by atoms with Crippen LogP contribution in [0.3, 0.4) is 0 Å². The average molecular weight is 271 g/mol. The molecule has 2 atom stereocenters. The molecule has 2 heterocycles. The Balaban J connectivity index is 2.05. The fourth-order valence-electron chi connectivity index (χ4n) is 2.43. The summed E-state index contributed by atoms with van der Waals surface area (Å²) >= 11 is 5.75. The topological polar surface area (TPSA) is 51.0 Å². The van der Waals surface area contributed by atoms with Gasteiger partial charge in [0.25, 0.3) is 0 Å². The predicted molar refractivity (Wildman–Crippen MR) is 69.4 cm³/mol. The molecular weight excluding hydrogens is 252 g/mol. The Kier molecular flexibility index (Phi) is 4.22. The first-order chi connectivity index (χ1) is 8.63. The number of alkyl halides is 1. The van der Waals surface area contributed by atoms with Crippen LogP contribution in [0.25, 0.3) is 0 Å². The lowest BCUT2D eigenvalue weighted by Gasteiger charge is -2.33. The van der Waals surface area contributed by atoms with Crippen molar-refractivity contribution in [2.45, 2.75) is 25.7 Å². The third-order valence-corrected chi connectivity index (χ3v) is 3.96. The maximum Gasteiger partial charge on any atom is 0.226 e. The molecule has 0 radical (unpaired) electrons. The van der Waals surface area contributed by atoms with E-state index in [1.807, 2.05) is 23.4 Å². The lowest BCUT2D eigenvalue weighted by Crippen LogP contribution is -2.42. The van der Waals surface area contributed by atoms with E-state index < -0.39 is 0 Å². The van der Waals surface area contributed by atoms with Gasteiger partial charge in [-0.1, -0.05) is 6.92 Å². The molecule has 5 nitrogen and oxygen atoms in total. The largest absolute Gasteiger partial charge is 0.342 e. The predicted octanol–water partition coefficient (Wildman–Crippen LogP) is 1.40. The van der Waals surface area contributed by atoms with Gasteiger partial charge in [0.15, 0.2) is 0 Å². The highest BCUT2D eigenvalue weighted by Gasteiger charge is 2.29. The molecule has 0 N–H and O–H groups in total. The van der Waals surface area contributed by atoms with Gasteiger partial charge in [-0.2, -0.15) is 0 Å². The summed E-state index contributed by atoms with van der Waals surface area (Å²) < 4.78 is 1.93. The summed E-state index contributed by atoms with van der Waals surface area (Å²) in [6.07, 6.45) is 3.78. The van der Waals surface area contributed by atoms with Crippen LogP contribution in [0.15, 0.2) is 6.33 Å². The molecule has 1 amide bonds. The lowest BCUT2D eigenvalue weighted by atomic mass is 9.96. The van der Waals surface area contributed by atoms with Gasteiger partial charge in [-0.15, -0.1) is 21.8 Å². The van der Waals surface area contributed by atoms with Crippen molar-refractivity contribution in [1.29, 1.82) is 0 Å². The zero-order valence-corrected chi connectivity index (χ0v) is 11.6. The number of halogens is 1. The van der Waals surface area contributed by atoms with Gasteiger partial charge in [-0.3, -0.25) is 4.79 Å². The maximum atomic E-state index is 12.1. The third-order valence-electron chi connectivity index (χ3n) is 3.50. The van der Waals surface area contributed by atoms with E-state index in [1.54, 1.807) is 6.33 Å². The van der Waals surface area contributed by atoms with Crippen molar-refractivity contribution in [3.8, 4) is 0 Å². The molecule has 0 aromatic carbocycles. The molecule has 1 aromatic rings. The van der Waals surface area contributed by atoms with E-state index >= 15 is 0 Å². The molecule has 0 saturated carbocycles. The van der Waals surface area contributed by atoms with Gasteiger partial charge in [0.2, 0.25) is 5.91 Å². The van der Waals surface area contributed by atoms with E-state index in [9.17, 15) is 4.79 Å². The van der Waals surface area contributed by atoms with Crippen molar-refractivity contribution in [3.63, 3.8) is 0 Å². The van der Waals surface area contributed by atoms with Crippen molar-refractivity contribution in [2.75, 3.05) is 19.0 Å². The zero-order valence-electron chi connectivity index (χ0n) is 10.8. The van der Waals surface area contributed by atoms with E-state index in [4.69, 9.17) is 11.6 Å². The fraction of sp³-hybridized carbons (Fsp3) is 0.750. The molecule has 2 rings (SSSR count). The third kappa shape index (κ3) is 2.66. The van der Waals surface area contributed by atoms with Crippen LogP contribution in [-0.4, -0.2) is 44.5 Å². The van der Waals surface area contributed by atoms with Crippen LogP contribution < -0.4 is 0 Å². The quantitative estimate of drug-likeness (QED) is 0.780. The summed E-state index contributed by atoms with van der Waals surface area (Å²) in [4.78, 5) is 14.0. The number of aromatic nitrogens is 3. The standard InChI is InChI=1S/C12H19ClN4O/c1-9(6-13)12(18)17-5-3-4-10(7-17)11-15-14-8-16(11)2/h8-10H,3-7H2,1-2H3. The Morgan fingerprint density at radius 1 is 1.67 bits per heavy atom. The van der Waals surface area contributed by atoms with Gasteiger partial charge in [0.1, 0.15) is 12.2 Å². The SMILES string of the molecule is CC(CCl)C(=O)N1CCCC(c2nncn2C)C1. The first-order valence-corrected chi connectivity index (χ1v) is 6.85. The number of carbonyl (C=O) groups is 1. The van der Waals surface area contributed by atoms with Gasteiger partial charge in [-0.05, 0) is 12.8 Å². The number of nitrogens with zero attached hydrogens (tertiary/aromatic N) is 4. The highest BCUT2D eigenvalue weighted by molar-refractivity contribution is 6.19. The van der Waals surface area contributed by atoms with E-state index in [2.05, 4.69) is 10.2 Å². The molecule has 0 aliphatic carbocycles. The molecule has 1 aromatic heterocycles. The lowest BCUT2D eigenvalue weighted by molar-refractivity contribution is -0.135. The second kappa shape index (κ2) is 5.69. The van der Waals surface area contributed by atoms with E-state index in [0.717, 1.165) is 31.8 Å². The minimum absolute atomic E-state index is 0.107. The van der Waals surface area contributed by atoms with Gasteiger partial charge >= 0.3 is 0 Å². The first kappa shape index (κ1) is 13.3. The average Bonchev–Trinajstić information content (AvgIpc) is 2.83. The van der Waals surface area contributed by atoms with Crippen LogP contribution in [-0.2, 0) is 11.8 Å². The van der Waals surface area contributed by atoms with Crippen molar-refractivity contribution >= 4 is 17.5 Å². The van der Waals surface area contributed by atoms with Crippen molar-refractivity contribution in [3.05, 3.63) is 12.2 Å². The van der Waals surface area contributed by atoms with E-state index in [0.29, 0.717) is 5.88 Å². The van der Waals surface area contributed by atoms with Crippen LogP contribution in [0.5, 0.6) is 0 Å². The number of aryl methyl sites for hydroxylation is 1. The summed E-state index contributed by atoms with van der Waals surface area (Å²) in [6, 6.07) is 0. The highest BCUT2D eigenvalue weighted by atomic mass is 35.5. The summed E-state index contributed by atoms with van der Waals surface area (Å²) in [5.41, 5.74) is 0. The Morgan fingerprint density at radius 3 is 3.06 bits per heavy atom. The first-order valence-electron chi connectivity index (χ1n) is 6.32. The monoisotopic (exact) mass is 270 g/mol. The number of likely N-dealkylation sites (tertiary alicyclic amines) is 1. The molecule has 6 heteroatoms. The molecule has 1 saturated heterocycles. The Hall–Kier alpha value is -1.10. The van der Waals surface area contributed by atoms with Gasteiger partial charge in [0.05, 0.1) is 0 Å². The summed E-state index contributed by atoms with van der Waals surface area (Å²) in [5.74, 6) is 1.68. The number of rotatable bonds is 3. The maximum absolute atomic E-state index is 12.1. The smallest absolute Gasteiger partial charge is 0.226 e. The number of amides is 1. The molecule has 1 aliphatic rings. The Morgan fingerprint density at radius 2 is 2.44 bits per heavy atom. The Labute approximate surface area is 112 Å². The molecule has 1 aliphatic heterocycles. The van der Waals surface area contributed by atoms with Crippen LogP contribution in [0.4, 0.5) is 0 Å². The molecule has 0 spiro atoms. The van der Waals surface area contributed by atoms with Crippen LogP contribution in [0.1, 0.15) is 31.5 Å². The zero-order chi connectivity index (χ0) is 13.1. The van der Waals surface area contributed by atoms with Gasteiger partial charge in [-0.25, -0.2) is 0 Å². The van der Waals surface area contributed by atoms with Crippen LogP contribution in [0.2, 0.25) is 0 Å². The van der Waals surface area contributed by atoms with Gasteiger partial charge in [0, 0.05) is 37.9 Å². The minimum atomic E-state index is -0.107. The van der Waals surface area contributed by atoms with Crippen LogP contribution in [0, 0.1) is 5.92 Å². The fourth-order valence-corrected chi connectivity index (χ4v) is 2.56. The summed E-state index contributed by atoms with van der Waals surface area (Å²) in [6.45, 7) is 3.43. The molecular formula is C12H19ClN4O. The number of hydrogen-bond donors (Lipinski definition) is 0. The van der Waals surface area contributed by atoms with E-state index in [1.165, 1.54) is 0 Å². The molecule has 1 fully saturated rings. The number of piperidine rings is 1. The Bertz CT molecular complexity index is 420. The van der Waals surface area contributed by atoms with E-state index in [-0.39, 0.29) is 17.7 Å². The summed E-state index contributed by atoms with van der Waals surface area (Å²) in [7, 11) is 1.94. The van der Waals surface area contributed by atoms with Crippen molar-refractivity contribution < 1.29 is 4.79 Å². The van der Waals surface area contributed by atoms with Crippen molar-refractivity contribution in [1.82, 2.24) is 19.7 Å². The second-order valence-electron chi connectivity index (χ2n) is 4.98. The summed E-state index contributed by atoms with van der Waals surface area (Å²) in [5, 5.41) is 8.05. The normalized spacial score (nSPS) is 21.9. The minimum Gasteiger partial charge on any atom is -0.342 e. The molecule has 0 bridgehead atoms. The van der Waals surface area contributed by atoms with Gasteiger partial charge < -0.3 is 9.47 Å².